The zero-order valence-electron chi connectivity index (χ0n) is 10.8. The number of para-hydroxylation sites is 1. The summed E-state index contributed by atoms with van der Waals surface area (Å²) in [5, 5.41) is 13.2. The number of hydrazone groups is 1. The maximum atomic E-state index is 11.6. The average molecular weight is 296 g/mol. The Morgan fingerprint density at radius 2 is 2.20 bits per heavy atom. The van der Waals surface area contributed by atoms with Crippen LogP contribution in [0.3, 0.4) is 0 Å². The lowest BCUT2D eigenvalue weighted by Crippen LogP contribution is -2.21. The van der Waals surface area contributed by atoms with Gasteiger partial charge in [0.15, 0.2) is 9.84 Å². The summed E-state index contributed by atoms with van der Waals surface area (Å²) in [5.41, 5.74) is 2.83. The second-order valence-electron chi connectivity index (χ2n) is 4.83. The van der Waals surface area contributed by atoms with Crippen LogP contribution in [-0.2, 0) is 14.6 Å². The Labute approximate surface area is 117 Å². The van der Waals surface area contributed by atoms with Crippen molar-refractivity contribution in [2.45, 2.75) is 12.8 Å². The van der Waals surface area contributed by atoms with Crippen LogP contribution in [0.4, 0.5) is 0 Å². The van der Waals surface area contributed by atoms with Crippen LogP contribution in [0.5, 0.6) is 5.75 Å². The number of hydrogen-bond acceptors (Lipinski definition) is 5. The van der Waals surface area contributed by atoms with E-state index in [-0.39, 0.29) is 35.5 Å². The standard InChI is InChI=1S/C13H16N2O4S/c16-12-4-2-1-3-11(12)8-14-15-13(17)7-10-5-6-20(18,19)9-10/h1-4,8,10,16H,5-7,9H2,(H,15,17)/b14-8+/t10-/m0/s1. The highest BCUT2D eigenvalue weighted by molar-refractivity contribution is 7.91. The third kappa shape index (κ3) is 4.06. The van der Waals surface area contributed by atoms with E-state index in [1.165, 1.54) is 12.3 Å². The quantitative estimate of drug-likeness (QED) is 0.630. The van der Waals surface area contributed by atoms with E-state index in [0.717, 1.165) is 0 Å². The number of aromatic hydroxyl groups is 1. The van der Waals surface area contributed by atoms with Gasteiger partial charge in [0.1, 0.15) is 5.75 Å². The number of nitrogens with one attached hydrogen (secondary N) is 1. The maximum absolute atomic E-state index is 11.6. The Morgan fingerprint density at radius 1 is 1.45 bits per heavy atom. The van der Waals surface area contributed by atoms with E-state index < -0.39 is 9.84 Å². The van der Waals surface area contributed by atoms with Gasteiger partial charge in [0.25, 0.3) is 0 Å². The number of carbonyl (C=O) groups excluding carboxylic acids is 1. The Bertz CT molecular complexity index is 625. The molecule has 1 aromatic rings. The highest BCUT2D eigenvalue weighted by atomic mass is 32.2. The second kappa shape index (κ2) is 6.04. The molecule has 1 aliphatic heterocycles. The highest BCUT2D eigenvalue weighted by Crippen LogP contribution is 2.21. The number of amides is 1. The van der Waals surface area contributed by atoms with Crippen molar-refractivity contribution in [2.75, 3.05) is 11.5 Å². The summed E-state index contributed by atoms with van der Waals surface area (Å²) in [5.74, 6) is -0.137. The van der Waals surface area contributed by atoms with Crippen LogP contribution < -0.4 is 5.43 Å². The fourth-order valence-corrected chi connectivity index (χ4v) is 3.97. The number of rotatable bonds is 4. The lowest BCUT2D eigenvalue weighted by atomic mass is 10.1. The molecule has 1 aliphatic rings. The van der Waals surface area contributed by atoms with Crippen molar-refractivity contribution in [1.29, 1.82) is 0 Å². The van der Waals surface area contributed by atoms with Gasteiger partial charge < -0.3 is 5.11 Å². The zero-order chi connectivity index (χ0) is 14.6. The molecule has 0 radical (unpaired) electrons. The summed E-state index contributed by atoms with van der Waals surface area (Å²) < 4.78 is 22.5. The fraction of sp³-hybridized carbons (Fsp3) is 0.385. The molecule has 1 amide bonds. The van der Waals surface area contributed by atoms with Crippen LogP contribution in [0.15, 0.2) is 29.4 Å². The molecule has 7 heteroatoms. The Morgan fingerprint density at radius 3 is 2.85 bits per heavy atom. The molecule has 0 unspecified atom stereocenters. The fourth-order valence-electron chi connectivity index (χ4n) is 2.11. The van der Waals surface area contributed by atoms with Crippen LogP contribution in [0, 0.1) is 5.92 Å². The summed E-state index contributed by atoms with van der Waals surface area (Å²) in [7, 11) is -2.96. The molecule has 2 rings (SSSR count). The van der Waals surface area contributed by atoms with Crippen molar-refractivity contribution in [2.24, 2.45) is 11.0 Å². The summed E-state index contributed by atoms with van der Waals surface area (Å²) in [6, 6.07) is 6.61. The minimum absolute atomic E-state index is 0.0730. The molecule has 1 saturated heterocycles. The third-order valence-corrected chi connectivity index (χ3v) is 4.97. The molecule has 1 aromatic carbocycles. The Hall–Kier alpha value is -1.89. The molecule has 0 spiro atoms. The number of nitrogens with zero attached hydrogens (tertiary/aromatic N) is 1. The van der Waals surface area contributed by atoms with E-state index in [1.807, 2.05) is 0 Å². The maximum Gasteiger partial charge on any atom is 0.240 e. The SMILES string of the molecule is O=C(C[C@@H]1CCS(=O)(=O)C1)N/N=C/c1ccccc1O. The van der Waals surface area contributed by atoms with Crippen LogP contribution in [0.1, 0.15) is 18.4 Å². The monoisotopic (exact) mass is 296 g/mol. The molecule has 6 nitrogen and oxygen atoms in total. The number of benzene rings is 1. The minimum Gasteiger partial charge on any atom is -0.507 e. The van der Waals surface area contributed by atoms with Gasteiger partial charge in [-0.2, -0.15) is 5.10 Å². The predicted octanol–water partition coefficient (Wildman–Crippen LogP) is 0.667. The summed E-state index contributed by atoms with van der Waals surface area (Å²) in [6.07, 6.45) is 2.02. The molecule has 20 heavy (non-hydrogen) atoms. The van der Waals surface area contributed by atoms with E-state index in [0.29, 0.717) is 12.0 Å². The van der Waals surface area contributed by atoms with Crippen LogP contribution in [0.25, 0.3) is 0 Å². The van der Waals surface area contributed by atoms with Crippen molar-refractivity contribution in [3.63, 3.8) is 0 Å². The van der Waals surface area contributed by atoms with Crippen molar-refractivity contribution in [1.82, 2.24) is 5.43 Å². The molecule has 0 aliphatic carbocycles. The second-order valence-corrected chi connectivity index (χ2v) is 7.05. The van der Waals surface area contributed by atoms with E-state index in [4.69, 9.17) is 0 Å². The van der Waals surface area contributed by atoms with Gasteiger partial charge in [-0.1, -0.05) is 12.1 Å². The van der Waals surface area contributed by atoms with Crippen LogP contribution >= 0.6 is 0 Å². The number of phenols is 1. The lowest BCUT2D eigenvalue weighted by Gasteiger charge is -2.05. The number of carbonyl (C=O) groups is 1. The van der Waals surface area contributed by atoms with E-state index in [1.54, 1.807) is 18.2 Å². The Kier molecular flexibility index (Phi) is 4.39. The van der Waals surface area contributed by atoms with Crippen molar-refractivity contribution >= 4 is 22.0 Å². The first-order valence-electron chi connectivity index (χ1n) is 6.26. The van der Waals surface area contributed by atoms with E-state index in [9.17, 15) is 18.3 Å². The number of phenolic OH excluding ortho intramolecular Hbond substituents is 1. The Balaban J connectivity index is 1.83. The minimum atomic E-state index is -2.96. The molecule has 1 atom stereocenters. The summed E-state index contributed by atoms with van der Waals surface area (Å²) in [4.78, 5) is 11.6. The molecular weight excluding hydrogens is 280 g/mol. The first kappa shape index (κ1) is 14.5. The normalized spacial score (nSPS) is 21.1. The molecule has 0 saturated carbocycles. The molecule has 1 fully saturated rings. The van der Waals surface area contributed by atoms with Crippen molar-refractivity contribution in [3.8, 4) is 5.75 Å². The van der Waals surface area contributed by atoms with Crippen molar-refractivity contribution < 1.29 is 18.3 Å². The van der Waals surface area contributed by atoms with E-state index in [2.05, 4.69) is 10.5 Å². The van der Waals surface area contributed by atoms with Gasteiger partial charge in [-0.3, -0.25) is 4.79 Å². The van der Waals surface area contributed by atoms with Gasteiger partial charge >= 0.3 is 0 Å². The predicted molar refractivity (Wildman–Crippen MR) is 75.2 cm³/mol. The van der Waals surface area contributed by atoms with Gasteiger partial charge in [-0.15, -0.1) is 0 Å². The van der Waals surface area contributed by atoms with Gasteiger partial charge in [-0.05, 0) is 24.5 Å². The smallest absolute Gasteiger partial charge is 0.240 e. The first-order chi connectivity index (χ1) is 9.46. The first-order valence-corrected chi connectivity index (χ1v) is 8.09. The third-order valence-electron chi connectivity index (χ3n) is 3.13. The van der Waals surface area contributed by atoms with E-state index >= 15 is 0 Å². The van der Waals surface area contributed by atoms with Gasteiger partial charge in [0.05, 0.1) is 17.7 Å². The van der Waals surface area contributed by atoms with Gasteiger partial charge in [0.2, 0.25) is 5.91 Å². The van der Waals surface area contributed by atoms with Crippen LogP contribution in [-0.4, -0.2) is 37.2 Å². The summed E-state index contributed by atoms with van der Waals surface area (Å²) in [6.45, 7) is 0. The topological polar surface area (TPSA) is 95.8 Å². The van der Waals surface area contributed by atoms with Crippen molar-refractivity contribution in [3.05, 3.63) is 29.8 Å². The van der Waals surface area contributed by atoms with Gasteiger partial charge in [0, 0.05) is 12.0 Å². The average Bonchev–Trinajstić information content (AvgIpc) is 2.71. The van der Waals surface area contributed by atoms with Gasteiger partial charge in [-0.25, -0.2) is 13.8 Å². The molecular formula is C13H16N2O4S. The molecule has 1 heterocycles. The number of hydrogen-bond donors (Lipinski definition) is 2. The lowest BCUT2D eigenvalue weighted by molar-refractivity contribution is -0.121. The number of sulfone groups is 1. The summed E-state index contributed by atoms with van der Waals surface area (Å²) >= 11 is 0. The zero-order valence-corrected chi connectivity index (χ0v) is 11.6. The molecule has 108 valence electrons. The van der Waals surface area contributed by atoms with Crippen LogP contribution in [0.2, 0.25) is 0 Å². The largest absolute Gasteiger partial charge is 0.507 e. The molecule has 2 N–H and O–H groups in total. The highest BCUT2D eigenvalue weighted by Gasteiger charge is 2.29. The molecule has 0 bridgehead atoms. The molecule has 0 aromatic heterocycles.